The summed E-state index contributed by atoms with van der Waals surface area (Å²) in [5.74, 6) is 0.807. The number of thiophene rings is 1. The maximum absolute atomic E-state index is 13.2. The lowest BCUT2D eigenvalue weighted by Gasteiger charge is -2.18. The first-order valence-electron chi connectivity index (χ1n) is 9.97. The Morgan fingerprint density at radius 2 is 1.90 bits per heavy atom. The molecule has 0 spiro atoms. The van der Waals surface area contributed by atoms with Crippen molar-refractivity contribution in [2.45, 2.75) is 33.1 Å². The molecule has 168 valence electrons. The zero-order chi connectivity index (χ0) is 22.7. The van der Waals surface area contributed by atoms with Gasteiger partial charge < -0.3 is 24.3 Å². The minimum Gasteiger partial charge on any atom is -0.493 e. The lowest BCUT2D eigenvalue weighted by molar-refractivity contribution is 0.0526. The smallest absolute Gasteiger partial charge is 0.341 e. The molecule has 0 fully saturated rings. The van der Waals surface area contributed by atoms with Gasteiger partial charge in [-0.1, -0.05) is 6.92 Å². The second-order valence-corrected chi connectivity index (χ2v) is 9.14. The van der Waals surface area contributed by atoms with Crippen molar-refractivity contribution in [3.8, 4) is 17.2 Å². The average molecular weight is 512 g/mol. The van der Waals surface area contributed by atoms with Crippen molar-refractivity contribution < 1.29 is 28.5 Å². The van der Waals surface area contributed by atoms with Crippen LogP contribution in [0.25, 0.3) is 0 Å². The van der Waals surface area contributed by atoms with Crippen LogP contribution in [0, 0.1) is 5.92 Å². The highest BCUT2D eigenvalue weighted by Gasteiger charge is 2.30. The number of esters is 1. The van der Waals surface area contributed by atoms with Crippen LogP contribution >= 0.6 is 27.3 Å². The highest BCUT2D eigenvalue weighted by molar-refractivity contribution is 9.10. The summed E-state index contributed by atoms with van der Waals surface area (Å²) in [5.41, 5.74) is 1.75. The molecule has 0 bridgehead atoms. The van der Waals surface area contributed by atoms with Crippen LogP contribution < -0.4 is 19.5 Å². The van der Waals surface area contributed by atoms with Crippen LogP contribution in [-0.2, 0) is 17.6 Å². The molecule has 31 heavy (non-hydrogen) atoms. The van der Waals surface area contributed by atoms with Gasteiger partial charge in [0.15, 0.2) is 11.5 Å². The van der Waals surface area contributed by atoms with Crippen LogP contribution in [0.3, 0.4) is 0 Å². The number of rotatable bonds is 7. The number of carbonyl (C=O) groups excluding carboxylic acids is 2. The minimum atomic E-state index is -0.409. The Morgan fingerprint density at radius 3 is 2.52 bits per heavy atom. The van der Waals surface area contributed by atoms with Crippen LogP contribution in [0.15, 0.2) is 10.5 Å². The summed E-state index contributed by atoms with van der Waals surface area (Å²) < 4.78 is 21.9. The average Bonchev–Trinajstić information content (AvgIpc) is 3.09. The molecule has 1 aliphatic rings. The number of anilines is 1. The van der Waals surface area contributed by atoms with E-state index >= 15 is 0 Å². The maximum atomic E-state index is 13.2. The third-order valence-corrected chi connectivity index (χ3v) is 7.19. The first kappa shape index (κ1) is 23.4. The number of hydrogen-bond acceptors (Lipinski definition) is 7. The van der Waals surface area contributed by atoms with E-state index in [0.29, 0.717) is 43.8 Å². The second-order valence-electron chi connectivity index (χ2n) is 7.24. The first-order valence-corrected chi connectivity index (χ1v) is 11.6. The third-order valence-electron chi connectivity index (χ3n) is 5.23. The van der Waals surface area contributed by atoms with Gasteiger partial charge in [-0.05, 0) is 59.7 Å². The van der Waals surface area contributed by atoms with Gasteiger partial charge in [-0.2, -0.15) is 0 Å². The van der Waals surface area contributed by atoms with Crippen LogP contribution in [-0.4, -0.2) is 39.8 Å². The maximum Gasteiger partial charge on any atom is 0.341 e. The normalized spacial score (nSPS) is 15.1. The quantitative estimate of drug-likeness (QED) is 0.521. The summed E-state index contributed by atoms with van der Waals surface area (Å²) in [6.45, 7) is 4.23. The molecule has 0 saturated carbocycles. The third kappa shape index (κ3) is 4.52. The van der Waals surface area contributed by atoms with Crippen molar-refractivity contribution in [2.24, 2.45) is 5.92 Å². The molecular formula is C22H26BrNO6S. The number of fused-ring (bicyclic) bond motifs is 1. The summed E-state index contributed by atoms with van der Waals surface area (Å²) in [5, 5.41) is 3.42. The number of ether oxygens (including phenoxy) is 4. The van der Waals surface area contributed by atoms with Gasteiger partial charge in [0.05, 0.1) is 43.5 Å². The number of methoxy groups -OCH3 is 3. The van der Waals surface area contributed by atoms with Gasteiger partial charge in [0, 0.05) is 4.88 Å². The van der Waals surface area contributed by atoms with Gasteiger partial charge in [0.25, 0.3) is 5.91 Å². The van der Waals surface area contributed by atoms with E-state index in [4.69, 9.17) is 18.9 Å². The Bertz CT molecular complexity index is 1000. The Kier molecular flexibility index (Phi) is 7.48. The first-order chi connectivity index (χ1) is 14.9. The molecule has 1 atom stereocenters. The van der Waals surface area contributed by atoms with E-state index in [2.05, 4.69) is 28.2 Å². The van der Waals surface area contributed by atoms with Crippen molar-refractivity contribution >= 4 is 44.1 Å². The fourth-order valence-electron chi connectivity index (χ4n) is 3.71. The molecule has 1 unspecified atom stereocenters. The number of hydrogen-bond donors (Lipinski definition) is 1. The summed E-state index contributed by atoms with van der Waals surface area (Å²) in [4.78, 5) is 27.1. The molecule has 0 radical (unpaired) electrons. The van der Waals surface area contributed by atoms with E-state index in [9.17, 15) is 9.59 Å². The van der Waals surface area contributed by atoms with Gasteiger partial charge in [0.1, 0.15) is 5.00 Å². The molecule has 0 aliphatic heterocycles. The fourth-order valence-corrected chi connectivity index (χ4v) is 5.75. The summed E-state index contributed by atoms with van der Waals surface area (Å²) >= 11 is 4.88. The van der Waals surface area contributed by atoms with Crippen LogP contribution in [0.2, 0.25) is 0 Å². The monoisotopic (exact) mass is 511 g/mol. The summed E-state index contributed by atoms with van der Waals surface area (Å²) in [7, 11) is 4.46. The van der Waals surface area contributed by atoms with E-state index in [1.54, 1.807) is 13.0 Å². The van der Waals surface area contributed by atoms with E-state index in [0.717, 1.165) is 29.7 Å². The molecule has 0 saturated heterocycles. The predicted molar refractivity (Wildman–Crippen MR) is 123 cm³/mol. The fraction of sp³-hybridized carbons (Fsp3) is 0.455. The number of nitrogens with one attached hydrogen (secondary N) is 1. The minimum absolute atomic E-state index is 0.270. The van der Waals surface area contributed by atoms with Gasteiger partial charge in [0.2, 0.25) is 5.75 Å². The lowest BCUT2D eigenvalue weighted by Crippen LogP contribution is -2.17. The summed E-state index contributed by atoms with van der Waals surface area (Å²) in [6, 6.07) is 1.57. The van der Waals surface area contributed by atoms with Crippen LogP contribution in [0.5, 0.6) is 17.2 Å². The molecular weight excluding hydrogens is 486 g/mol. The number of amides is 1. The zero-order valence-corrected chi connectivity index (χ0v) is 20.6. The molecule has 1 N–H and O–H groups in total. The predicted octanol–water partition coefficient (Wildman–Crippen LogP) is 5.09. The number of carbonyl (C=O) groups is 2. The Hall–Kier alpha value is -2.26. The number of benzene rings is 1. The lowest BCUT2D eigenvalue weighted by atomic mass is 9.88. The van der Waals surface area contributed by atoms with Crippen molar-refractivity contribution in [1.29, 1.82) is 0 Å². The largest absolute Gasteiger partial charge is 0.493 e. The van der Waals surface area contributed by atoms with Gasteiger partial charge in [-0.15, -0.1) is 11.3 Å². The van der Waals surface area contributed by atoms with Crippen LogP contribution in [0.1, 0.15) is 51.4 Å². The molecule has 1 aromatic carbocycles. The Labute approximate surface area is 194 Å². The van der Waals surface area contributed by atoms with E-state index in [-0.39, 0.29) is 6.61 Å². The molecule has 1 aromatic heterocycles. The Morgan fingerprint density at radius 1 is 1.19 bits per heavy atom. The Balaban J connectivity index is 2.03. The molecule has 3 rings (SSSR count). The molecule has 1 heterocycles. The van der Waals surface area contributed by atoms with Crippen LogP contribution in [0.4, 0.5) is 5.00 Å². The SMILES string of the molecule is CCOC(=O)c1c(NC(=O)c2cc(OC)c(OC)c(OC)c2Br)sc2c1CCC(C)C2. The second kappa shape index (κ2) is 9.91. The van der Waals surface area contributed by atoms with Gasteiger partial charge in [-0.3, -0.25) is 4.79 Å². The van der Waals surface area contributed by atoms with Crippen molar-refractivity contribution in [3.63, 3.8) is 0 Å². The number of halogens is 1. The van der Waals surface area contributed by atoms with Gasteiger partial charge in [-0.25, -0.2) is 4.79 Å². The standard InChI is InChI=1S/C22H26BrNO6S/c1-6-30-22(26)16-12-8-7-11(2)9-15(12)31-21(16)24-20(25)13-10-14(27-3)18(28-4)19(29-5)17(13)23/h10-11H,6-9H2,1-5H3,(H,24,25). The molecule has 1 aliphatic carbocycles. The van der Waals surface area contributed by atoms with E-state index in [1.807, 2.05) is 0 Å². The van der Waals surface area contributed by atoms with Crippen molar-refractivity contribution in [1.82, 2.24) is 0 Å². The van der Waals surface area contributed by atoms with E-state index < -0.39 is 11.9 Å². The van der Waals surface area contributed by atoms with Gasteiger partial charge >= 0.3 is 5.97 Å². The summed E-state index contributed by atoms with van der Waals surface area (Å²) in [6.07, 6.45) is 2.68. The highest BCUT2D eigenvalue weighted by atomic mass is 79.9. The molecule has 1 amide bonds. The zero-order valence-electron chi connectivity index (χ0n) is 18.2. The molecule has 7 nitrogen and oxygen atoms in total. The van der Waals surface area contributed by atoms with Crippen molar-refractivity contribution in [2.75, 3.05) is 33.3 Å². The topological polar surface area (TPSA) is 83.1 Å². The molecule has 2 aromatic rings. The van der Waals surface area contributed by atoms with Crippen molar-refractivity contribution in [3.05, 3.63) is 32.1 Å². The van der Waals surface area contributed by atoms with E-state index in [1.165, 1.54) is 32.7 Å². The molecule has 9 heteroatoms. The highest BCUT2D eigenvalue weighted by Crippen LogP contribution is 2.45.